The predicted molar refractivity (Wildman–Crippen MR) is 84.6 cm³/mol. The van der Waals surface area contributed by atoms with Crippen molar-refractivity contribution in [3.63, 3.8) is 0 Å². The van der Waals surface area contributed by atoms with Gasteiger partial charge >= 0.3 is 0 Å². The molecule has 0 aliphatic carbocycles. The van der Waals surface area contributed by atoms with Gasteiger partial charge in [0.15, 0.2) is 0 Å². The van der Waals surface area contributed by atoms with Gasteiger partial charge in [-0.05, 0) is 38.4 Å². The highest BCUT2D eigenvalue weighted by atomic mass is 16.5. The summed E-state index contributed by atoms with van der Waals surface area (Å²) in [5.41, 5.74) is 2.80. The number of nitrogens with zero attached hydrogens (tertiary/aromatic N) is 2. The number of ether oxygens (including phenoxy) is 1. The van der Waals surface area contributed by atoms with Crippen LogP contribution in [0.15, 0.2) is 24.3 Å². The Hall–Kier alpha value is -1.72. The molecule has 21 heavy (non-hydrogen) atoms. The number of aryl methyl sites for hydroxylation is 1. The van der Waals surface area contributed by atoms with Gasteiger partial charge in [-0.2, -0.15) is 0 Å². The van der Waals surface area contributed by atoms with Crippen molar-refractivity contribution in [2.45, 2.75) is 25.3 Å². The predicted octanol–water partition coefficient (Wildman–Crippen LogP) is 2.12. The van der Waals surface area contributed by atoms with E-state index in [1.807, 2.05) is 31.2 Å². The van der Waals surface area contributed by atoms with Crippen LogP contribution < -0.4 is 10.6 Å². The summed E-state index contributed by atoms with van der Waals surface area (Å²) >= 11 is 0. The quantitative estimate of drug-likeness (QED) is 0.881. The number of hydrogen-bond donors (Lipinski definition) is 2. The summed E-state index contributed by atoms with van der Waals surface area (Å²) in [4.78, 5) is 9.30. The zero-order valence-electron chi connectivity index (χ0n) is 12.6. The minimum atomic E-state index is 0.00845. The van der Waals surface area contributed by atoms with Crippen LogP contribution in [0.25, 0.3) is 11.0 Å². The lowest BCUT2D eigenvalue weighted by Crippen LogP contribution is -2.49. The second kappa shape index (κ2) is 5.95. The second-order valence-electron chi connectivity index (χ2n) is 5.74. The maximum absolute atomic E-state index is 5.38. The van der Waals surface area contributed by atoms with Gasteiger partial charge in [0.1, 0.15) is 5.82 Å². The molecule has 1 saturated heterocycles. The van der Waals surface area contributed by atoms with Crippen LogP contribution in [0, 0.1) is 6.92 Å². The standard InChI is InChI=1S/C16H22N4O/c1-12-15(20-14-7-4-3-6-13(14)19-12)17-10-16(11-21-2)8-5-9-18-16/h3-4,6-7,18H,5,8-11H2,1-2H3,(H,17,20). The third kappa shape index (κ3) is 2.99. The Kier molecular flexibility index (Phi) is 4.03. The van der Waals surface area contributed by atoms with Crippen molar-refractivity contribution in [1.29, 1.82) is 0 Å². The lowest BCUT2D eigenvalue weighted by molar-refractivity contribution is 0.127. The molecule has 0 bridgehead atoms. The molecule has 1 aliphatic heterocycles. The molecule has 2 N–H and O–H groups in total. The SMILES string of the molecule is COCC1(CNc2nc3ccccc3nc2C)CCCN1. The minimum Gasteiger partial charge on any atom is -0.383 e. The molecule has 0 saturated carbocycles. The molecule has 5 heteroatoms. The van der Waals surface area contributed by atoms with Crippen LogP contribution in [0.1, 0.15) is 18.5 Å². The number of hydrogen-bond acceptors (Lipinski definition) is 5. The van der Waals surface area contributed by atoms with Gasteiger partial charge in [-0.15, -0.1) is 0 Å². The zero-order valence-corrected chi connectivity index (χ0v) is 12.6. The first-order valence-electron chi connectivity index (χ1n) is 7.44. The molecule has 112 valence electrons. The van der Waals surface area contributed by atoms with E-state index in [0.29, 0.717) is 6.61 Å². The van der Waals surface area contributed by atoms with Gasteiger partial charge in [0.05, 0.1) is 28.9 Å². The number of para-hydroxylation sites is 2. The third-order valence-electron chi connectivity index (χ3n) is 4.09. The Balaban J connectivity index is 1.79. The number of anilines is 1. The van der Waals surface area contributed by atoms with Gasteiger partial charge < -0.3 is 15.4 Å². The van der Waals surface area contributed by atoms with Crippen molar-refractivity contribution in [2.24, 2.45) is 0 Å². The van der Waals surface area contributed by atoms with E-state index in [-0.39, 0.29) is 5.54 Å². The summed E-state index contributed by atoms with van der Waals surface area (Å²) in [5, 5.41) is 7.02. The molecule has 1 aromatic heterocycles. The second-order valence-corrected chi connectivity index (χ2v) is 5.74. The summed E-state index contributed by atoms with van der Waals surface area (Å²) in [6.45, 7) is 4.55. The number of fused-ring (bicyclic) bond motifs is 1. The van der Waals surface area contributed by atoms with Crippen molar-refractivity contribution in [1.82, 2.24) is 15.3 Å². The van der Waals surface area contributed by atoms with Crippen molar-refractivity contribution in [3.8, 4) is 0 Å². The lowest BCUT2D eigenvalue weighted by Gasteiger charge is -2.29. The fraction of sp³-hybridized carbons (Fsp3) is 0.500. The van der Waals surface area contributed by atoms with Crippen LogP contribution in [0.3, 0.4) is 0 Å². The lowest BCUT2D eigenvalue weighted by atomic mass is 9.98. The fourth-order valence-electron chi connectivity index (χ4n) is 2.98. The average molecular weight is 286 g/mol. The molecule has 0 amide bonds. The first kappa shape index (κ1) is 14.2. The van der Waals surface area contributed by atoms with Gasteiger partial charge in [-0.3, -0.25) is 0 Å². The number of nitrogens with one attached hydrogen (secondary N) is 2. The normalized spacial score (nSPS) is 21.8. The Labute approximate surface area is 125 Å². The maximum atomic E-state index is 5.38. The van der Waals surface area contributed by atoms with Crippen molar-refractivity contribution in [3.05, 3.63) is 30.0 Å². The van der Waals surface area contributed by atoms with Gasteiger partial charge in [-0.1, -0.05) is 12.1 Å². The molecule has 1 aromatic carbocycles. The summed E-state index contributed by atoms with van der Waals surface area (Å²) in [6.07, 6.45) is 2.31. The number of methoxy groups -OCH3 is 1. The topological polar surface area (TPSA) is 59.1 Å². The van der Waals surface area contributed by atoms with Crippen LogP contribution in [0.4, 0.5) is 5.82 Å². The highest BCUT2D eigenvalue weighted by Crippen LogP contribution is 2.22. The molecule has 1 unspecified atom stereocenters. The number of rotatable bonds is 5. The van der Waals surface area contributed by atoms with E-state index in [2.05, 4.69) is 20.6 Å². The molecule has 2 aromatic rings. The molecule has 1 atom stereocenters. The Morgan fingerprint density at radius 2 is 2.05 bits per heavy atom. The van der Waals surface area contributed by atoms with Crippen LogP contribution in [0.5, 0.6) is 0 Å². The van der Waals surface area contributed by atoms with Crippen LogP contribution in [-0.4, -0.2) is 42.3 Å². The first-order valence-corrected chi connectivity index (χ1v) is 7.44. The van der Waals surface area contributed by atoms with E-state index >= 15 is 0 Å². The molecular weight excluding hydrogens is 264 g/mol. The highest BCUT2D eigenvalue weighted by Gasteiger charge is 2.33. The molecule has 1 fully saturated rings. The molecule has 5 nitrogen and oxygen atoms in total. The smallest absolute Gasteiger partial charge is 0.148 e. The van der Waals surface area contributed by atoms with E-state index in [4.69, 9.17) is 4.74 Å². The summed E-state index contributed by atoms with van der Waals surface area (Å²) in [7, 11) is 1.75. The van der Waals surface area contributed by atoms with Crippen molar-refractivity contribution < 1.29 is 4.74 Å². The summed E-state index contributed by atoms with van der Waals surface area (Å²) < 4.78 is 5.38. The molecule has 3 rings (SSSR count). The van der Waals surface area contributed by atoms with Crippen molar-refractivity contribution >= 4 is 16.9 Å². The van der Waals surface area contributed by atoms with Gasteiger partial charge in [0.25, 0.3) is 0 Å². The minimum absolute atomic E-state index is 0.00845. The van der Waals surface area contributed by atoms with Crippen LogP contribution in [-0.2, 0) is 4.74 Å². The fourth-order valence-corrected chi connectivity index (χ4v) is 2.98. The highest BCUT2D eigenvalue weighted by molar-refractivity contribution is 5.76. The average Bonchev–Trinajstić information content (AvgIpc) is 2.94. The van der Waals surface area contributed by atoms with Gasteiger partial charge in [0, 0.05) is 13.7 Å². The number of aromatic nitrogens is 2. The molecule has 0 spiro atoms. The summed E-state index contributed by atoms with van der Waals surface area (Å²) in [5.74, 6) is 0.859. The molecule has 2 heterocycles. The van der Waals surface area contributed by atoms with E-state index in [1.54, 1.807) is 7.11 Å². The van der Waals surface area contributed by atoms with E-state index in [1.165, 1.54) is 6.42 Å². The number of benzene rings is 1. The Morgan fingerprint density at radius 1 is 1.29 bits per heavy atom. The van der Waals surface area contributed by atoms with Gasteiger partial charge in [0.2, 0.25) is 0 Å². The van der Waals surface area contributed by atoms with Crippen LogP contribution >= 0.6 is 0 Å². The maximum Gasteiger partial charge on any atom is 0.148 e. The molecule has 0 radical (unpaired) electrons. The Bertz CT molecular complexity index is 623. The first-order chi connectivity index (χ1) is 10.2. The molecule has 1 aliphatic rings. The van der Waals surface area contributed by atoms with E-state index in [9.17, 15) is 0 Å². The molecular formula is C16H22N4O. The monoisotopic (exact) mass is 286 g/mol. The Morgan fingerprint density at radius 3 is 2.71 bits per heavy atom. The summed E-state index contributed by atoms with van der Waals surface area (Å²) in [6, 6.07) is 7.95. The third-order valence-corrected chi connectivity index (χ3v) is 4.09. The van der Waals surface area contributed by atoms with Gasteiger partial charge in [-0.25, -0.2) is 9.97 Å². The van der Waals surface area contributed by atoms with Crippen LogP contribution in [0.2, 0.25) is 0 Å². The van der Waals surface area contributed by atoms with E-state index in [0.717, 1.165) is 42.1 Å². The van der Waals surface area contributed by atoms with E-state index < -0.39 is 0 Å². The van der Waals surface area contributed by atoms with Crippen molar-refractivity contribution in [2.75, 3.05) is 32.1 Å². The largest absolute Gasteiger partial charge is 0.383 e. The zero-order chi connectivity index (χ0) is 14.7.